The highest BCUT2D eigenvalue weighted by atomic mass is 31.1. The molecule has 0 aromatic carbocycles. The lowest BCUT2D eigenvalue weighted by Crippen LogP contribution is -2.31. The Morgan fingerprint density at radius 3 is 2.69 bits per heavy atom. The Morgan fingerprint density at radius 2 is 2.31 bits per heavy atom. The first-order chi connectivity index (χ1) is 6.11. The normalized spacial score (nSPS) is 12.4. The summed E-state index contributed by atoms with van der Waals surface area (Å²) < 4.78 is 4.39. The first kappa shape index (κ1) is 12.5. The lowest BCUT2D eigenvalue weighted by atomic mass is 10.2. The van der Waals surface area contributed by atoms with E-state index in [2.05, 4.69) is 15.9 Å². The number of hydrogen-bond acceptors (Lipinski definition) is 4. The molecule has 0 aromatic heterocycles. The summed E-state index contributed by atoms with van der Waals surface area (Å²) in [5.74, 6) is -1.44. The molecule has 74 valence electrons. The van der Waals surface area contributed by atoms with Gasteiger partial charge in [0.1, 0.15) is 6.04 Å². The van der Waals surface area contributed by atoms with Crippen molar-refractivity contribution in [2.75, 3.05) is 0 Å². The summed E-state index contributed by atoms with van der Waals surface area (Å²) in [6, 6.07) is -0.604. The molecule has 2 atom stereocenters. The third-order valence-electron chi connectivity index (χ3n) is 1.29. The van der Waals surface area contributed by atoms with Crippen LogP contribution in [-0.4, -0.2) is 29.4 Å². The quantitative estimate of drug-likeness (QED) is 0.639. The van der Waals surface area contributed by atoms with Crippen LogP contribution in [0.1, 0.15) is 12.8 Å². The van der Waals surface area contributed by atoms with Crippen LogP contribution in [0.15, 0.2) is 0 Å². The van der Waals surface area contributed by atoms with E-state index in [4.69, 9.17) is 5.11 Å². The van der Waals surface area contributed by atoms with Crippen molar-refractivity contribution in [3.63, 3.8) is 0 Å². The van der Waals surface area contributed by atoms with Crippen LogP contribution in [0.5, 0.6) is 0 Å². The smallest absolute Gasteiger partial charge is 0.325 e. The lowest BCUT2D eigenvalue weighted by Gasteiger charge is -2.11. The van der Waals surface area contributed by atoms with Gasteiger partial charge >= 0.3 is 11.9 Å². The maximum Gasteiger partial charge on any atom is 0.325 e. The molecule has 2 N–H and O–H groups in total. The second kappa shape index (κ2) is 6.96. The molecule has 0 heterocycles. The molecule has 0 aliphatic heterocycles. The third kappa shape index (κ3) is 5.69. The van der Waals surface area contributed by atoms with Crippen LogP contribution < -0.4 is 5.09 Å². The van der Waals surface area contributed by atoms with E-state index in [1.807, 2.05) is 9.47 Å². The Labute approximate surface area is 80.0 Å². The minimum atomic E-state index is -0.941. The second-order valence-corrected chi connectivity index (χ2v) is 3.02. The molecule has 0 aromatic rings. The summed E-state index contributed by atoms with van der Waals surface area (Å²) in [7, 11) is 2.39. The Hall–Kier alpha value is -0.500. The molecule has 0 bridgehead atoms. The first-order valence-electron chi connectivity index (χ1n) is 3.45. The Morgan fingerprint density at radius 1 is 1.69 bits per heavy atom. The van der Waals surface area contributed by atoms with E-state index in [9.17, 15) is 9.59 Å². The molecule has 0 amide bonds. The Balaban J connectivity index is 4.00. The summed E-state index contributed by atoms with van der Waals surface area (Å²) >= 11 is 0. The van der Waals surface area contributed by atoms with Crippen molar-refractivity contribution < 1.29 is 19.2 Å². The van der Waals surface area contributed by atoms with Gasteiger partial charge in [-0.2, -0.15) is 0 Å². The van der Waals surface area contributed by atoms with Gasteiger partial charge in [-0.25, -0.2) is 0 Å². The zero-order valence-corrected chi connectivity index (χ0v) is 8.94. The number of carboxylic acids is 1. The van der Waals surface area contributed by atoms with Gasteiger partial charge in [0, 0.05) is 6.42 Å². The van der Waals surface area contributed by atoms with Crippen LogP contribution in [0, 0.1) is 0 Å². The van der Waals surface area contributed by atoms with Gasteiger partial charge in [0.25, 0.3) is 0 Å². The van der Waals surface area contributed by atoms with Gasteiger partial charge in [0.05, 0.1) is 9.47 Å². The molecule has 0 fully saturated rings. The number of aliphatic carboxylic acids is 1. The van der Waals surface area contributed by atoms with Gasteiger partial charge in [-0.3, -0.25) is 14.7 Å². The standard InChI is InChI=1S/C6H11NO4P2/c1-13-7-4(6(10)11-12)2-3-5(8)9/h4,7H,1-3,12H2,(H,8,9). The third-order valence-corrected chi connectivity index (χ3v) is 2.02. The van der Waals surface area contributed by atoms with Gasteiger partial charge in [0.15, 0.2) is 0 Å². The van der Waals surface area contributed by atoms with E-state index < -0.39 is 18.0 Å². The highest BCUT2D eigenvalue weighted by Gasteiger charge is 2.18. The number of hydrogen-bond donors (Lipinski definition) is 2. The van der Waals surface area contributed by atoms with Crippen LogP contribution in [0.25, 0.3) is 0 Å². The van der Waals surface area contributed by atoms with Crippen LogP contribution >= 0.6 is 17.8 Å². The van der Waals surface area contributed by atoms with Gasteiger partial charge < -0.3 is 9.63 Å². The minimum absolute atomic E-state index is 0.0764. The van der Waals surface area contributed by atoms with Crippen molar-refractivity contribution in [2.24, 2.45) is 0 Å². The number of carboxylic acid groups (broad SMARTS) is 1. The summed E-state index contributed by atoms with van der Waals surface area (Å²) in [5.41, 5.74) is 0. The molecule has 0 aliphatic carbocycles. The van der Waals surface area contributed by atoms with Crippen molar-refractivity contribution in [3.8, 4) is 0 Å². The average molecular weight is 223 g/mol. The molecule has 7 heteroatoms. The topological polar surface area (TPSA) is 75.6 Å². The molecule has 0 spiro atoms. The summed E-state index contributed by atoms with van der Waals surface area (Å²) in [4.78, 5) is 21.2. The van der Waals surface area contributed by atoms with Crippen molar-refractivity contribution in [3.05, 3.63) is 0 Å². The van der Waals surface area contributed by atoms with E-state index in [-0.39, 0.29) is 12.8 Å². The maximum atomic E-state index is 11.0. The molecule has 2 unspecified atom stereocenters. The van der Waals surface area contributed by atoms with E-state index in [0.717, 1.165) is 0 Å². The second-order valence-electron chi connectivity index (χ2n) is 2.21. The SMILES string of the molecule is C=PNC(CCC(=O)O)C(=O)OP. The van der Waals surface area contributed by atoms with E-state index in [1.54, 1.807) is 0 Å². The van der Waals surface area contributed by atoms with E-state index in [0.29, 0.717) is 8.35 Å². The molecular formula is C6H11NO4P2. The van der Waals surface area contributed by atoms with E-state index in [1.165, 1.54) is 0 Å². The van der Waals surface area contributed by atoms with Gasteiger partial charge in [-0.05, 0) is 14.8 Å². The van der Waals surface area contributed by atoms with Gasteiger partial charge in [-0.1, -0.05) is 6.30 Å². The Kier molecular flexibility index (Phi) is 6.69. The monoisotopic (exact) mass is 223 g/mol. The predicted molar refractivity (Wildman–Crippen MR) is 53.6 cm³/mol. The van der Waals surface area contributed by atoms with Gasteiger partial charge in [0.2, 0.25) is 0 Å². The average Bonchev–Trinajstić information content (AvgIpc) is 2.10. The van der Waals surface area contributed by atoms with Crippen molar-refractivity contribution in [1.82, 2.24) is 5.09 Å². The summed E-state index contributed by atoms with van der Waals surface area (Å²) in [6.07, 6.45) is 3.59. The molecule has 0 saturated carbocycles. The largest absolute Gasteiger partial charge is 0.481 e. The molecule has 0 aliphatic rings. The number of carbonyl (C=O) groups excluding carboxylic acids is 1. The fourth-order valence-electron chi connectivity index (χ4n) is 0.695. The summed E-state index contributed by atoms with van der Waals surface area (Å²) in [5, 5.41) is 11.1. The zero-order chi connectivity index (χ0) is 10.3. The number of nitrogens with one attached hydrogen (secondary N) is 1. The molecule has 13 heavy (non-hydrogen) atoms. The minimum Gasteiger partial charge on any atom is -0.481 e. The van der Waals surface area contributed by atoms with Crippen LogP contribution in [0.3, 0.4) is 0 Å². The Bertz CT molecular complexity index is 209. The lowest BCUT2D eigenvalue weighted by molar-refractivity contribution is -0.138. The number of rotatable bonds is 6. The van der Waals surface area contributed by atoms with Crippen molar-refractivity contribution in [2.45, 2.75) is 18.9 Å². The molecule has 0 radical (unpaired) electrons. The van der Waals surface area contributed by atoms with E-state index >= 15 is 0 Å². The van der Waals surface area contributed by atoms with Gasteiger partial charge in [-0.15, -0.1) is 0 Å². The molecule has 5 nitrogen and oxygen atoms in total. The maximum absolute atomic E-state index is 11.0. The highest BCUT2D eigenvalue weighted by molar-refractivity contribution is 7.34. The molecule has 0 rings (SSSR count). The zero-order valence-electron chi connectivity index (χ0n) is 6.90. The summed E-state index contributed by atoms with van der Waals surface area (Å²) in [6.45, 7) is 0. The molecular weight excluding hydrogens is 212 g/mol. The van der Waals surface area contributed by atoms with Crippen LogP contribution in [-0.2, 0) is 14.1 Å². The van der Waals surface area contributed by atoms with Crippen LogP contribution in [0.2, 0.25) is 0 Å². The fraction of sp³-hybridized carbons (Fsp3) is 0.500. The highest BCUT2D eigenvalue weighted by Crippen LogP contribution is 2.05. The van der Waals surface area contributed by atoms with Crippen molar-refractivity contribution in [1.29, 1.82) is 0 Å². The fourth-order valence-corrected chi connectivity index (χ4v) is 1.31. The first-order valence-corrected chi connectivity index (χ1v) is 5.00. The van der Waals surface area contributed by atoms with Crippen LogP contribution in [0.4, 0.5) is 0 Å². The predicted octanol–water partition coefficient (Wildman–Crippen LogP) is 0.436. The van der Waals surface area contributed by atoms with Crippen molar-refractivity contribution >= 4 is 36.1 Å². The molecule has 0 saturated heterocycles. The number of carbonyl (C=O) groups is 2.